The third-order valence-corrected chi connectivity index (χ3v) is 4.01. The lowest BCUT2D eigenvalue weighted by molar-refractivity contribution is 0.0965. The van der Waals surface area contributed by atoms with Crippen LogP contribution >= 0.6 is 0 Å². The molecule has 0 saturated carbocycles. The van der Waals surface area contributed by atoms with Gasteiger partial charge in [-0.1, -0.05) is 0 Å². The average molecular weight is 333 g/mol. The van der Waals surface area contributed by atoms with Crippen LogP contribution in [0.15, 0.2) is 23.2 Å². The number of nitrogens with zero attached hydrogens (tertiary/aromatic N) is 2. The van der Waals surface area contributed by atoms with Gasteiger partial charge in [-0.25, -0.2) is 4.99 Å². The topological polar surface area (TPSA) is 72.4 Å². The summed E-state index contributed by atoms with van der Waals surface area (Å²) in [4.78, 5) is 19.1. The number of likely N-dealkylation sites (tertiary alicyclic amines) is 1. The number of ether oxygens (including phenoxy) is 3. The molecule has 0 unspecified atom stereocenters. The number of benzene rings is 1. The monoisotopic (exact) mass is 333 g/mol. The Bertz CT molecular complexity index is 612. The third kappa shape index (κ3) is 4.17. The van der Waals surface area contributed by atoms with Crippen LogP contribution in [0.2, 0.25) is 0 Å². The first-order chi connectivity index (χ1) is 11.8. The first kappa shape index (κ1) is 16.6. The van der Waals surface area contributed by atoms with Crippen molar-refractivity contribution in [3.05, 3.63) is 23.8 Å². The number of rotatable bonds is 5. The van der Waals surface area contributed by atoms with E-state index in [1.54, 1.807) is 18.2 Å². The van der Waals surface area contributed by atoms with Crippen LogP contribution in [0, 0.1) is 0 Å². The minimum atomic E-state index is -0.276. The molecule has 7 heteroatoms. The molecule has 2 heterocycles. The van der Waals surface area contributed by atoms with E-state index in [1.807, 2.05) is 6.92 Å². The van der Waals surface area contributed by atoms with Gasteiger partial charge in [-0.2, -0.15) is 0 Å². The number of amidine groups is 1. The number of nitrogens with one attached hydrogen (secondary N) is 1. The van der Waals surface area contributed by atoms with Gasteiger partial charge in [0.15, 0.2) is 11.5 Å². The van der Waals surface area contributed by atoms with E-state index in [0.29, 0.717) is 30.2 Å². The maximum Gasteiger partial charge on any atom is 0.291 e. The molecule has 1 aromatic carbocycles. The molecular formula is C17H23N3O4. The van der Waals surface area contributed by atoms with Gasteiger partial charge in [-0.3, -0.25) is 10.1 Å². The molecule has 130 valence electrons. The zero-order valence-corrected chi connectivity index (χ0v) is 13.9. The second-order valence-corrected chi connectivity index (χ2v) is 5.69. The molecule has 0 aromatic heterocycles. The van der Waals surface area contributed by atoms with Crippen molar-refractivity contribution < 1.29 is 19.0 Å². The minimum Gasteiger partial charge on any atom is -0.465 e. The molecule has 0 atom stereocenters. The summed E-state index contributed by atoms with van der Waals surface area (Å²) in [5.41, 5.74) is 0.478. The summed E-state index contributed by atoms with van der Waals surface area (Å²) in [7, 11) is 0. The second kappa shape index (κ2) is 8.01. The Morgan fingerprint density at radius 1 is 1.29 bits per heavy atom. The number of fused-ring (bicyclic) bond motifs is 1. The number of aliphatic imine (C=N–C) groups is 1. The van der Waals surface area contributed by atoms with Crippen molar-refractivity contribution in [3.63, 3.8) is 0 Å². The summed E-state index contributed by atoms with van der Waals surface area (Å²) in [6.45, 7) is 6.24. The van der Waals surface area contributed by atoms with Gasteiger partial charge in [0.25, 0.3) is 11.9 Å². The Hall–Kier alpha value is -2.28. The minimum absolute atomic E-state index is 0.183. The lowest BCUT2D eigenvalue weighted by Gasteiger charge is -2.13. The first-order valence-electron chi connectivity index (χ1n) is 8.37. The van der Waals surface area contributed by atoms with Gasteiger partial charge in [0.1, 0.15) is 0 Å². The molecule has 1 saturated heterocycles. The highest BCUT2D eigenvalue weighted by molar-refractivity contribution is 6.04. The number of amides is 1. The van der Waals surface area contributed by atoms with E-state index in [1.165, 1.54) is 12.8 Å². The van der Waals surface area contributed by atoms with Crippen LogP contribution in [0.1, 0.15) is 30.1 Å². The molecule has 7 nitrogen and oxygen atoms in total. The molecule has 1 amide bonds. The molecule has 0 radical (unpaired) electrons. The van der Waals surface area contributed by atoms with Crippen LogP contribution in [-0.2, 0) is 4.74 Å². The molecule has 1 fully saturated rings. The Kier molecular flexibility index (Phi) is 5.53. The molecule has 1 N–H and O–H groups in total. The van der Waals surface area contributed by atoms with E-state index in [2.05, 4.69) is 15.2 Å². The standard InChI is InChI=1S/C17H23N3O4/c1-2-22-17(18-7-10-20-8-3-4-9-20)19-16(21)13-5-6-14-15(11-13)24-12-23-14/h5-6,11H,2-4,7-10,12H2,1H3,(H,18,19,21). The van der Waals surface area contributed by atoms with E-state index in [-0.39, 0.29) is 18.7 Å². The third-order valence-electron chi connectivity index (χ3n) is 4.01. The van der Waals surface area contributed by atoms with Crippen molar-refractivity contribution in [2.75, 3.05) is 39.6 Å². The fourth-order valence-corrected chi connectivity index (χ4v) is 2.76. The maximum absolute atomic E-state index is 12.4. The van der Waals surface area contributed by atoms with Crippen LogP contribution in [0.25, 0.3) is 0 Å². The Morgan fingerprint density at radius 3 is 2.88 bits per heavy atom. The van der Waals surface area contributed by atoms with E-state index < -0.39 is 0 Å². The highest BCUT2D eigenvalue weighted by Gasteiger charge is 2.17. The van der Waals surface area contributed by atoms with Crippen LogP contribution in [0.5, 0.6) is 11.5 Å². The van der Waals surface area contributed by atoms with Gasteiger partial charge < -0.3 is 19.1 Å². The molecule has 2 aliphatic rings. The van der Waals surface area contributed by atoms with Crippen molar-refractivity contribution in [1.29, 1.82) is 0 Å². The van der Waals surface area contributed by atoms with Gasteiger partial charge in [-0.15, -0.1) is 0 Å². The van der Waals surface area contributed by atoms with Crippen molar-refractivity contribution in [3.8, 4) is 11.5 Å². The summed E-state index contributed by atoms with van der Waals surface area (Å²) in [5, 5.41) is 2.72. The second-order valence-electron chi connectivity index (χ2n) is 5.69. The summed E-state index contributed by atoms with van der Waals surface area (Å²) in [6.07, 6.45) is 2.51. The van der Waals surface area contributed by atoms with Gasteiger partial charge >= 0.3 is 0 Å². The molecular weight excluding hydrogens is 310 g/mol. The normalized spacial score (nSPS) is 17.1. The fraction of sp³-hybridized carbons (Fsp3) is 0.529. The molecule has 0 spiro atoms. The average Bonchev–Trinajstić information content (AvgIpc) is 3.25. The summed E-state index contributed by atoms with van der Waals surface area (Å²) < 4.78 is 16.0. The molecule has 1 aromatic rings. The van der Waals surface area contributed by atoms with Crippen LogP contribution in [0.4, 0.5) is 0 Å². The van der Waals surface area contributed by atoms with Crippen molar-refractivity contribution in [1.82, 2.24) is 10.2 Å². The SMILES string of the molecule is CCOC(=NCCN1CCCC1)NC(=O)c1ccc2c(c1)OCO2. The number of hydrogen-bond donors (Lipinski definition) is 1. The zero-order chi connectivity index (χ0) is 16.8. The van der Waals surface area contributed by atoms with Crippen LogP contribution < -0.4 is 14.8 Å². The lowest BCUT2D eigenvalue weighted by Crippen LogP contribution is -2.33. The van der Waals surface area contributed by atoms with Crippen LogP contribution in [0.3, 0.4) is 0 Å². The van der Waals surface area contributed by atoms with E-state index in [4.69, 9.17) is 14.2 Å². The van der Waals surface area contributed by atoms with Gasteiger partial charge in [0.05, 0.1) is 13.2 Å². The summed E-state index contributed by atoms with van der Waals surface area (Å²) >= 11 is 0. The maximum atomic E-state index is 12.4. The van der Waals surface area contributed by atoms with Crippen molar-refractivity contribution in [2.45, 2.75) is 19.8 Å². The van der Waals surface area contributed by atoms with E-state index in [9.17, 15) is 4.79 Å². The van der Waals surface area contributed by atoms with Crippen molar-refractivity contribution >= 4 is 11.9 Å². The quantitative estimate of drug-likeness (QED) is 0.655. The summed E-state index contributed by atoms with van der Waals surface area (Å²) in [6, 6.07) is 5.34. The van der Waals surface area contributed by atoms with Crippen LogP contribution in [-0.4, -0.2) is 56.4 Å². The molecule has 24 heavy (non-hydrogen) atoms. The predicted octanol–water partition coefficient (Wildman–Crippen LogP) is 1.63. The molecule has 0 aliphatic carbocycles. The lowest BCUT2D eigenvalue weighted by atomic mass is 10.2. The zero-order valence-electron chi connectivity index (χ0n) is 13.9. The van der Waals surface area contributed by atoms with Gasteiger partial charge in [-0.05, 0) is 51.1 Å². The largest absolute Gasteiger partial charge is 0.465 e. The Morgan fingerprint density at radius 2 is 2.08 bits per heavy atom. The Balaban J connectivity index is 1.58. The smallest absolute Gasteiger partial charge is 0.291 e. The molecule has 2 aliphatic heterocycles. The predicted molar refractivity (Wildman–Crippen MR) is 89.6 cm³/mol. The number of hydrogen-bond acceptors (Lipinski definition) is 6. The first-order valence-corrected chi connectivity index (χ1v) is 8.37. The number of carbonyl (C=O) groups is 1. The highest BCUT2D eigenvalue weighted by Crippen LogP contribution is 2.32. The van der Waals surface area contributed by atoms with Gasteiger partial charge in [0, 0.05) is 12.1 Å². The van der Waals surface area contributed by atoms with Gasteiger partial charge in [0.2, 0.25) is 6.79 Å². The van der Waals surface area contributed by atoms with Crippen molar-refractivity contribution in [2.24, 2.45) is 4.99 Å². The highest BCUT2D eigenvalue weighted by atomic mass is 16.7. The molecule has 3 rings (SSSR count). The van der Waals surface area contributed by atoms with E-state index in [0.717, 1.165) is 19.6 Å². The number of carbonyl (C=O) groups excluding carboxylic acids is 1. The summed E-state index contributed by atoms with van der Waals surface area (Å²) in [5.74, 6) is 0.948. The Labute approximate surface area is 141 Å². The fourth-order valence-electron chi connectivity index (χ4n) is 2.76. The van der Waals surface area contributed by atoms with E-state index >= 15 is 0 Å². The molecule has 0 bridgehead atoms.